The van der Waals surface area contributed by atoms with Gasteiger partial charge < -0.3 is 9.64 Å². The Bertz CT molecular complexity index is 686. The Hall–Kier alpha value is -0.840. The molecule has 0 aromatic heterocycles. The highest BCUT2D eigenvalue weighted by Gasteiger charge is 2.43. The average Bonchev–Trinajstić information content (AvgIpc) is 2.80. The molecule has 1 aliphatic heterocycles. The second kappa shape index (κ2) is 8.90. The number of fused-ring (bicyclic) bond motifs is 2. The standard InChI is InChI=1S/C22H27Br2NO/c1-3-4-14-25(2)15-13-21(23)22(24)18-10-6-5-9-17(18)16-26-20-12-8-7-11-19(20)22/h5-12,21H,3-4,13-16H2,1-2H3. The van der Waals surface area contributed by atoms with E-state index in [1.807, 2.05) is 6.07 Å². The van der Waals surface area contributed by atoms with E-state index in [-0.39, 0.29) is 9.15 Å². The number of nitrogens with zero attached hydrogens (tertiary/aromatic N) is 1. The number of ether oxygens (including phenoxy) is 1. The molecule has 1 heterocycles. The Morgan fingerprint density at radius 3 is 2.54 bits per heavy atom. The molecule has 0 aliphatic carbocycles. The number of alkyl halides is 2. The molecule has 4 heteroatoms. The van der Waals surface area contributed by atoms with Gasteiger partial charge >= 0.3 is 0 Å². The number of halogens is 2. The lowest BCUT2D eigenvalue weighted by atomic mass is 9.84. The SMILES string of the molecule is CCCCN(C)CCC(Br)C1(Br)c2ccccc2COc2ccccc21. The van der Waals surface area contributed by atoms with E-state index in [4.69, 9.17) is 4.74 Å². The van der Waals surface area contributed by atoms with Crippen LogP contribution in [0.1, 0.15) is 42.9 Å². The molecule has 0 N–H and O–H groups in total. The van der Waals surface area contributed by atoms with Crippen LogP contribution in [0.3, 0.4) is 0 Å². The van der Waals surface area contributed by atoms with E-state index >= 15 is 0 Å². The monoisotopic (exact) mass is 479 g/mol. The maximum absolute atomic E-state index is 6.14. The van der Waals surface area contributed by atoms with Gasteiger partial charge in [-0.3, -0.25) is 0 Å². The van der Waals surface area contributed by atoms with Crippen molar-refractivity contribution in [2.75, 3.05) is 20.1 Å². The van der Waals surface area contributed by atoms with Gasteiger partial charge in [-0.15, -0.1) is 0 Å². The average molecular weight is 481 g/mol. The van der Waals surface area contributed by atoms with Crippen LogP contribution in [-0.2, 0) is 10.9 Å². The number of hydrogen-bond acceptors (Lipinski definition) is 2. The molecule has 0 fully saturated rings. The van der Waals surface area contributed by atoms with Crippen LogP contribution < -0.4 is 4.74 Å². The lowest BCUT2D eigenvalue weighted by Crippen LogP contribution is -2.34. The maximum atomic E-state index is 6.14. The van der Waals surface area contributed by atoms with Crippen molar-refractivity contribution in [2.45, 2.75) is 41.9 Å². The quantitative estimate of drug-likeness (QED) is 0.443. The Balaban J connectivity index is 1.93. The zero-order valence-corrected chi connectivity index (χ0v) is 18.7. The van der Waals surface area contributed by atoms with Crippen LogP contribution in [0.5, 0.6) is 5.75 Å². The van der Waals surface area contributed by atoms with Crippen molar-refractivity contribution >= 4 is 31.9 Å². The molecule has 2 unspecified atom stereocenters. The largest absolute Gasteiger partial charge is 0.489 e. The van der Waals surface area contributed by atoms with Gasteiger partial charge in [-0.25, -0.2) is 0 Å². The molecule has 0 spiro atoms. The molecule has 26 heavy (non-hydrogen) atoms. The Kier molecular flexibility index (Phi) is 6.81. The van der Waals surface area contributed by atoms with Crippen LogP contribution in [0.15, 0.2) is 48.5 Å². The van der Waals surface area contributed by atoms with Gasteiger partial charge in [-0.2, -0.15) is 0 Å². The predicted octanol–water partition coefficient (Wildman–Crippen LogP) is 6.10. The van der Waals surface area contributed by atoms with Crippen LogP contribution in [0.2, 0.25) is 0 Å². The zero-order valence-electron chi connectivity index (χ0n) is 15.6. The zero-order chi connectivity index (χ0) is 18.6. The van der Waals surface area contributed by atoms with E-state index in [1.54, 1.807) is 0 Å². The highest BCUT2D eigenvalue weighted by atomic mass is 79.9. The smallest absolute Gasteiger partial charge is 0.124 e. The predicted molar refractivity (Wildman–Crippen MR) is 117 cm³/mol. The molecule has 2 aromatic rings. The number of rotatable bonds is 7. The normalized spacial score (nSPS) is 20.0. The van der Waals surface area contributed by atoms with Gasteiger partial charge in [-0.05, 0) is 50.2 Å². The first kappa shape index (κ1) is 19.9. The molecule has 0 amide bonds. The fraction of sp³-hybridized carbons (Fsp3) is 0.455. The molecule has 0 saturated heterocycles. The summed E-state index contributed by atoms with van der Waals surface area (Å²) < 4.78 is 5.83. The van der Waals surface area contributed by atoms with Crippen LogP contribution in [0.25, 0.3) is 0 Å². The molecular weight excluding hydrogens is 454 g/mol. The first-order valence-electron chi connectivity index (χ1n) is 9.39. The van der Waals surface area contributed by atoms with E-state index in [9.17, 15) is 0 Å². The van der Waals surface area contributed by atoms with Gasteiger partial charge in [0.25, 0.3) is 0 Å². The lowest BCUT2D eigenvalue weighted by Gasteiger charge is -2.35. The summed E-state index contributed by atoms with van der Waals surface area (Å²) in [7, 11) is 2.22. The molecule has 0 saturated carbocycles. The summed E-state index contributed by atoms with van der Waals surface area (Å²) in [4.78, 5) is 2.68. The van der Waals surface area contributed by atoms with Crippen molar-refractivity contribution in [3.8, 4) is 5.75 Å². The third-order valence-corrected chi connectivity index (χ3v) is 8.33. The van der Waals surface area contributed by atoms with E-state index < -0.39 is 0 Å². The fourth-order valence-electron chi connectivity index (χ4n) is 3.60. The maximum Gasteiger partial charge on any atom is 0.124 e. The molecule has 2 aromatic carbocycles. The molecule has 140 valence electrons. The van der Waals surface area contributed by atoms with Gasteiger partial charge in [0.2, 0.25) is 0 Å². The molecular formula is C22H27Br2NO. The summed E-state index contributed by atoms with van der Waals surface area (Å²) in [6.45, 7) is 5.07. The van der Waals surface area contributed by atoms with Gasteiger partial charge in [0.15, 0.2) is 0 Å². The van der Waals surface area contributed by atoms with Crippen LogP contribution in [-0.4, -0.2) is 29.9 Å². The Labute approximate surface area is 174 Å². The highest BCUT2D eigenvalue weighted by Crippen LogP contribution is 2.51. The first-order valence-corrected chi connectivity index (χ1v) is 11.1. The lowest BCUT2D eigenvalue weighted by molar-refractivity contribution is 0.306. The summed E-state index contributed by atoms with van der Waals surface area (Å²) in [5.74, 6) is 0.962. The molecule has 3 rings (SSSR count). The number of hydrogen-bond donors (Lipinski definition) is 0. The van der Waals surface area contributed by atoms with Gasteiger partial charge in [0, 0.05) is 10.4 Å². The fourth-order valence-corrected chi connectivity index (χ4v) is 5.25. The third kappa shape index (κ3) is 4.02. The second-order valence-corrected chi connectivity index (χ2v) is 9.42. The summed E-state index contributed by atoms with van der Waals surface area (Å²) >= 11 is 8.20. The third-order valence-electron chi connectivity index (χ3n) is 5.16. The van der Waals surface area contributed by atoms with Crippen LogP contribution in [0.4, 0.5) is 0 Å². The first-order chi connectivity index (χ1) is 12.6. The molecule has 2 atom stereocenters. The van der Waals surface area contributed by atoms with Gasteiger partial charge in [0.1, 0.15) is 12.4 Å². The Morgan fingerprint density at radius 1 is 1.08 bits per heavy atom. The molecule has 1 aliphatic rings. The number of benzene rings is 2. The minimum Gasteiger partial charge on any atom is -0.489 e. The molecule has 2 nitrogen and oxygen atoms in total. The van der Waals surface area contributed by atoms with Crippen molar-refractivity contribution in [3.63, 3.8) is 0 Å². The second-order valence-electron chi connectivity index (χ2n) is 7.07. The minimum absolute atomic E-state index is 0.253. The van der Waals surface area contributed by atoms with E-state index in [0.29, 0.717) is 6.61 Å². The van der Waals surface area contributed by atoms with Gasteiger partial charge in [0.05, 0.1) is 4.32 Å². The summed E-state index contributed by atoms with van der Waals surface area (Å²) in [5, 5.41) is 0. The van der Waals surface area contributed by atoms with Crippen molar-refractivity contribution in [1.82, 2.24) is 4.90 Å². The number of para-hydroxylation sites is 1. The molecule has 0 radical (unpaired) electrons. The highest BCUT2D eigenvalue weighted by molar-refractivity contribution is 9.12. The van der Waals surface area contributed by atoms with Crippen LogP contribution >= 0.6 is 31.9 Å². The van der Waals surface area contributed by atoms with Crippen LogP contribution in [0, 0.1) is 0 Å². The molecule has 0 bridgehead atoms. The van der Waals surface area contributed by atoms with E-state index in [2.05, 4.69) is 93.2 Å². The summed E-state index contributed by atoms with van der Waals surface area (Å²) in [6.07, 6.45) is 3.54. The van der Waals surface area contributed by atoms with Gasteiger partial charge in [-0.1, -0.05) is 87.7 Å². The number of unbranched alkanes of at least 4 members (excludes halogenated alkanes) is 1. The van der Waals surface area contributed by atoms with Crippen molar-refractivity contribution in [3.05, 3.63) is 65.2 Å². The van der Waals surface area contributed by atoms with Crippen molar-refractivity contribution in [2.24, 2.45) is 0 Å². The van der Waals surface area contributed by atoms with Crippen molar-refractivity contribution < 1.29 is 4.74 Å². The van der Waals surface area contributed by atoms with E-state index in [1.165, 1.54) is 29.5 Å². The van der Waals surface area contributed by atoms with E-state index in [0.717, 1.165) is 25.3 Å². The summed E-state index contributed by atoms with van der Waals surface area (Å²) in [6, 6.07) is 17.0. The summed E-state index contributed by atoms with van der Waals surface area (Å²) in [5.41, 5.74) is 3.73. The van der Waals surface area contributed by atoms with Crippen molar-refractivity contribution in [1.29, 1.82) is 0 Å². The Morgan fingerprint density at radius 2 is 1.77 bits per heavy atom. The topological polar surface area (TPSA) is 12.5 Å². The minimum atomic E-state index is -0.303.